The second-order valence-corrected chi connectivity index (χ2v) is 40.4. The summed E-state index contributed by atoms with van der Waals surface area (Å²) in [6.45, 7) is 52.6. The van der Waals surface area contributed by atoms with E-state index in [9.17, 15) is 40.9 Å². The number of phenols is 8. The SMILES string of the molecule is CC(C)(C)c1cc2c(O)c(c1)Cc1cc(C(C)(C)C)cc(c1O)C(CCCCCCCCCCC1c3cc(C(C)(C)C)cc(c3O)Cc3cc(C(C)(C)C)cc(c3O)Cc3cc(C(C)(C)C)cc(c3O)Cc3cc(C(C)(C)C)cc1c3O)c1cc(C(C)(C)C)cc(c1O)Cc1cc(C(C)(C)C)cc(c1O)C2. The Balaban J connectivity index is 0.979. The third-order valence-corrected chi connectivity index (χ3v) is 23.4. The molecular weight excluding hydrogens is 1310 g/mol. The van der Waals surface area contributed by atoms with Gasteiger partial charge in [0.2, 0.25) is 0 Å². The molecule has 0 aromatic heterocycles. The molecule has 8 N–H and O–H groups in total. The van der Waals surface area contributed by atoms with Crippen LogP contribution in [-0.2, 0) is 81.8 Å². The smallest absolute Gasteiger partial charge is 0.122 e. The van der Waals surface area contributed by atoms with Crippen LogP contribution in [0, 0.1) is 0 Å². The van der Waals surface area contributed by atoms with Crippen LogP contribution in [0.3, 0.4) is 0 Å². The van der Waals surface area contributed by atoms with Crippen LogP contribution in [-0.4, -0.2) is 40.9 Å². The summed E-state index contributed by atoms with van der Waals surface area (Å²) in [5.41, 5.74) is 17.9. The molecule has 0 amide bonds. The lowest BCUT2D eigenvalue weighted by Crippen LogP contribution is -2.17. The number of hydrogen-bond acceptors (Lipinski definition) is 8. The normalized spacial score (nSPS) is 14.6. The minimum atomic E-state index is -0.400. The number of aromatic hydroxyl groups is 8. The van der Waals surface area contributed by atoms with E-state index in [1.54, 1.807) is 0 Å². The molecule has 0 radical (unpaired) electrons. The van der Waals surface area contributed by atoms with E-state index in [2.05, 4.69) is 263 Å². The molecule has 570 valence electrons. The van der Waals surface area contributed by atoms with Gasteiger partial charge in [0.15, 0.2) is 0 Å². The van der Waals surface area contributed by atoms with Crippen LogP contribution in [0.25, 0.3) is 0 Å². The maximum absolute atomic E-state index is 13.1. The van der Waals surface area contributed by atoms with Crippen molar-refractivity contribution in [2.45, 2.75) is 324 Å². The fourth-order valence-corrected chi connectivity index (χ4v) is 16.0. The molecule has 8 aromatic carbocycles. The van der Waals surface area contributed by atoms with Gasteiger partial charge in [-0.05, 0) is 167 Å². The van der Waals surface area contributed by atoms with E-state index >= 15 is 0 Å². The molecule has 2 aliphatic carbocycles. The topological polar surface area (TPSA) is 162 Å². The van der Waals surface area contributed by atoms with Crippen LogP contribution >= 0.6 is 0 Å². The molecular formula is C98H130O8. The number of rotatable bonds is 11. The van der Waals surface area contributed by atoms with Crippen molar-refractivity contribution < 1.29 is 40.9 Å². The number of benzene rings is 8. The molecule has 0 fully saturated rings. The van der Waals surface area contributed by atoms with Crippen LogP contribution in [0.2, 0.25) is 0 Å². The second-order valence-electron chi connectivity index (χ2n) is 40.4. The summed E-state index contributed by atoms with van der Waals surface area (Å²) in [5.74, 6) is 0.612. The van der Waals surface area contributed by atoms with E-state index in [4.69, 9.17) is 0 Å². The summed E-state index contributed by atoms with van der Waals surface area (Å²) in [7, 11) is 0. The Morgan fingerprint density at radius 1 is 0.189 bits per heavy atom. The summed E-state index contributed by atoms with van der Waals surface area (Å²) >= 11 is 0. The Morgan fingerprint density at radius 2 is 0.311 bits per heavy atom. The molecule has 16 bridgehead atoms. The first-order chi connectivity index (χ1) is 48.9. The number of phenolic OH excluding ortho intramolecular Hbond substituents is 8. The van der Waals surface area contributed by atoms with Gasteiger partial charge in [-0.3, -0.25) is 0 Å². The van der Waals surface area contributed by atoms with Crippen LogP contribution in [0.1, 0.15) is 376 Å². The van der Waals surface area contributed by atoms with Gasteiger partial charge in [0.1, 0.15) is 46.0 Å². The maximum atomic E-state index is 13.1. The first-order valence-corrected chi connectivity index (χ1v) is 39.7. The zero-order chi connectivity index (χ0) is 78.3. The molecule has 8 nitrogen and oxygen atoms in total. The predicted molar refractivity (Wildman–Crippen MR) is 441 cm³/mol. The third-order valence-electron chi connectivity index (χ3n) is 23.4. The molecule has 0 heterocycles. The monoisotopic (exact) mass is 1430 g/mol. The summed E-state index contributed by atoms with van der Waals surface area (Å²) in [5, 5.41) is 102. The van der Waals surface area contributed by atoms with Crippen molar-refractivity contribution in [3.05, 3.63) is 231 Å². The quantitative estimate of drug-likeness (QED) is 0.0594. The highest BCUT2D eigenvalue weighted by Gasteiger charge is 2.35. The van der Waals surface area contributed by atoms with Crippen molar-refractivity contribution in [1.29, 1.82) is 0 Å². The molecule has 0 saturated heterocycles. The van der Waals surface area contributed by atoms with Crippen molar-refractivity contribution in [1.82, 2.24) is 0 Å². The molecule has 0 spiro atoms. The standard InChI is InChI=1S/C98H130O8/c1-91(2,3)69-41-57-35-58-42-70(92(4,5)6)46-62(84(58)100)38-66-50-74(96(16,17)18)54-80(88(66)104)77(79-53-73(95(13,14)15)49-65(87(79)103)37-61(45-69)83(57)99)33-31-29-27-25-26-28-30-32-34-78-81-55-75(97(19,20)21)51-67(89(81)105)39-63-47-71(93(7,8)9)43-59(85(63)101)36-60-44-72(94(10,11)12)48-64(86(60)102)40-68-52-76(98(22,23)24)56-82(78)90(68)106/h41-56,77-78,99-106H,25-40H2,1-24H3. The Kier molecular flexibility index (Phi) is 22.5. The van der Waals surface area contributed by atoms with E-state index in [1.165, 1.54) is 0 Å². The highest BCUT2D eigenvalue weighted by molar-refractivity contribution is 5.64. The molecule has 8 aromatic rings. The summed E-state index contributed by atoms with van der Waals surface area (Å²) in [4.78, 5) is 0. The minimum absolute atomic E-state index is 0.167. The molecule has 10 rings (SSSR count). The van der Waals surface area contributed by atoms with E-state index in [-0.39, 0.29) is 115 Å². The van der Waals surface area contributed by atoms with E-state index in [1.807, 2.05) is 0 Å². The van der Waals surface area contributed by atoms with Gasteiger partial charge in [0.25, 0.3) is 0 Å². The lowest BCUT2D eigenvalue weighted by Gasteiger charge is -2.30. The first kappa shape index (κ1) is 80.7. The van der Waals surface area contributed by atoms with Gasteiger partial charge < -0.3 is 40.9 Å². The summed E-state index contributed by atoms with van der Waals surface area (Å²) in [6, 6.07) is 33.9. The van der Waals surface area contributed by atoms with Crippen molar-refractivity contribution in [3.63, 3.8) is 0 Å². The largest absolute Gasteiger partial charge is 0.507 e. The number of hydrogen-bond donors (Lipinski definition) is 8. The number of fused-ring (bicyclic) bond motifs is 16. The van der Waals surface area contributed by atoms with Crippen molar-refractivity contribution in [3.8, 4) is 46.0 Å². The van der Waals surface area contributed by atoms with Gasteiger partial charge in [-0.25, -0.2) is 0 Å². The van der Waals surface area contributed by atoms with E-state index in [0.29, 0.717) is 70.2 Å². The average molecular weight is 1440 g/mol. The average Bonchev–Trinajstić information content (AvgIpc) is 0.751. The molecule has 8 heteroatoms. The van der Waals surface area contributed by atoms with Crippen molar-refractivity contribution in [2.24, 2.45) is 0 Å². The first-order valence-electron chi connectivity index (χ1n) is 39.7. The van der Waals surface area contributed by atoms with Crippen molar-refractivity contribution in [2.75, 3.05) is 0 Å². The highest BCUT2D eigenvalue weighted by Crippen LogP contribution is 2.52. The molecule has 0 unspecified atom stereocenters. The minimum Gasteiger partial charge on any atom is -0.507 e. The Labute approximate surface area is 637 Å². The van der Waals surface area contributed by atoms with Crippen LogP contribution in [0.5, 0.6) is 46.0 Å². The van der Waals surface area contributed by atoms with Gasteiger partial charge >= 0.3 is 0 Å². The second kappa shape index (κ2) is 29.6. The molecule has 0 atom stereocenters. The van der Waals surface area contributed by atoms with Crippen LogP contribution in [0.4, 0.5) is 0 Å². The van der Waals surface area contributed by atoms with Crippen LogP contribution < -0.4 is 0 Å². The zero-order valence-electron chi connectivity index (χ0n) is 69.3. The highest BCUT2D eigenvalue weighted by atomic mass is 16.3. The lowest BCUT2D eigenvalue weighted by atomic mass is 9.76. The maximum Gasteiger partial charge on any atom is 0.122 e. The van der Waals surface area contributed by atoms with Gasteiger partial charge in [0.05, 0.1) is 0 Å². The van der Waals surface area contributed by atoms with E-state index in [0.717, 1.165) is 140 Å². The summed E-state index contributed by atoms with van der Waals surface area (Å²) < 4.78 is 0. The van der Waals surface area contributed by atoms with Gasteiger partial charge in [0, 0.05) is 72.6 Å². The number of unbranched alkanes of at least 4 members (excludes halogenated alkanes) is 7. The zero-order valence-corrected chi connectivity index (χ0v) is 69.3. The molecule has 0 aliphatic heterocycles. The summed E-state index contributed by atoms with van der Waals surface area (Å²) in [6.07, 6.45) is 10.7. The van der Waals surface area contributed by atoms with Gasteiger partial charge in [-0.1, -0.05) is 315 Å². The third kappa shape index (κ3) is 17.8. The van der Waals surface area contributed by atoms with E-state index < -0.39 is 11.8 Å². The Bertz CT molecular complexity index is 4020. The fourth-order valence-electron chi connectivity index (χ4n) is 16.0. The van der Waals surface area contributed by atoms with Gasteiger partial charge in [-0.2, -0.15) is 0 Å². The lowest BCUT2D eigenvalue weighted by molar-refractivity contribution is 0.434. The Hall–Kier alpha value is -7.84. The van der Waals surface area contributed by atoms with Crippen molar-refractivity contribution >= 4 is 0 Å². The Morgan fingerprint density at radius 3 is 0.453 bits per heavy atom. The molecule has 0 saturated carbocycles. The molecule has 2 aliphatic rings. The van der Waals surface area contributed by atoms with Gasteiger partial charge in [-0.15, -0.1) is 0 Å². The predicted octanol–water partition coefficient (Wildman–Crippen LogP) is 24.7. The fraction of sp³-hybridized carbons (Fsp3) is 0.510. The molecule has 106 heavy (non-hydrogen) atoms. The van der Waals surface area contributed by atoms with Crippen LogP contribution in [0.15, 0.2) is 97.1 Å².